The highest BCUT2D eigenvalue weighted by Crippen LogP contribution is 2.43. The molecule has 0 heterocycles. The van der Waals surface area contributed by atoms with E-state index in [1.165, 1.54) is 5.56 Å². The van der Waals surface area contributed by atoms with Crippen molar-refractivity contribution in [2.75, 3.05) is 14.1 Å². The molecular weight excluding hydrogens is 404 g/mol. The molecule has 1 atom stereocenters. The van der Waals surface area contributed by atoms with Gasteiger partial charge in [0.2, 0.25) is 5.91 Å². The van der Waals surface area contributed by atoms with E-state index in [2.05, 4.69) is 54.6 Å². The summed E-state index contributed by atoms with van der Waals surface area (Å²) in [6.07, 6.45) is 8.52. The summed E-state index contributed by atoms with van der Waals surface area (Å²) in [5.41, 5.74) is 2.14. The lowest BCUT2D eigenvalue weighted by Gasteiger charge is -2.39. The molecule has 166 valence electrons. The first-order valence-electron chi connectivity index (χ1n) is 11.8. The Morgan fingerprint density at radius 3 is 2.16 bits per heavy atom. The number of nitrogens with zero attached hydrogens (tertiary/aromatic N) is 1. The van der Waals surface area contributed by atoms with Gasteiger partial charge in [-0.15, -0.1) is 0 Å². The van der Waals surface area contributed by atoms with Crippen molar-refractivity contribution >= 4 is 17.5 Å². The van der Waals surface area contributed by atoms with Crippen LogP contribution in [0.2, 0.25) is 5.02 Å². The van der Waals surface area contributed by atoms with Crippen LogP contribution >= 0.6 is 11.6 Å². The molecule has 1 unspecified atom stereocenters. The van der Waals surface area contributed by atoms with Gasteiger partial charge in [0.1, 0.15) is 0 Å². The molecule has 0 bridgehead atoms. The third-order valence-electron chi connectivity index (χ3n) is 7.54. The number of hydrogen-bond donors (Lipinski definition) is 1. The number of amides is 1. The molecule has 2 fully saturated rings. The Morgan fingerprint density at radius 1 is 0.968 bits per heavy atom. The summed E-state index contributed by atoms with van der Waals surface area (Å²) in [6.45, 7) is 0. The minimum atomic E-state index is -0.377. The maximum Gasteiger partial charge on any atom is 0.230 e. The lowest BCUT2D eigenvalue weighted by atomic mass is 9.76. The van der Waals surface area contributed by atoms with Crippen LogP contribution in [-0.2, 0) is 10.2 Å². The number of halogens is 1. The summed E-state index contributed by atoms with van der Waals surface area (Å²) in [7, 11) is 4.36. The fourth-order valence-corrected chi connectivity index (χ4v) is 6.07. The Morgan fingerprint density at radius 2 is 1.58 bits per heavy atom. The average molecular weight is 439 g/mol. The minimum Gasteiger partial charge on any atom is -0.353 e. The number of nitrogens with one attached hydrogen (secondary N) is 1. The van der Waals surface area contributed by atoms with Crippen LogP contribution in [-0.4, -0.2) is 30.9 Å². The Balaban J connectivity index is 1.41. The summed E-state index contributed by atoms with van der Waals surface area (Å²) in [5.74, 6) is 0.852. The van der Waals surface area contributed by atoms with Gasteiger partial charge < -0.3 is 10.2 Å². The van der Waals surface area contributed by atoms with Gasteiger partial charge in [0.15, 0.2) is 0 Å². The topological polar surface area (TPSA) is 32.3 Å². The fourth-order valence-electron chi connectivity index (χ4n) is 5.94. The molecule has 3 nitrogen and oxygen atoms in total. The Bertz CT molecular complexity index is 851. The van der Waals surface area contributed by atoms with Crippen LogP contribution in [0.25, 0.3) is 0 Å². The van der Waals surface area contributed by atoms with Gasteiger partial charge in [0, 0.05) is 17.1 Å². The molecule has 0 radical (unpaired) electrons. The van der Waals surface area contributed by atoms with E-state index in [1.807, 2.05) is 24.3 Å². The average Bonchev–Trinajstić information content (AvgIpc) is 3.27. The summed E-state index contributed by atoms with van der Waals surface area (Å²) in [6, 6.07) is 19.5. The van der Waals surface area contributed by atoms with Crippen LogP contribution in [0.1, 0.15) is 68.5 Å². The highest BCUT2D eigenvalue weighted by molar-refractivity contribution is 6.30. The van der Waals surface area contributed by atoms with Gasteiger partial charge in [0.05, 0.1) is 5.41 Å². The number of carbonyl (C=O) groups is 1. The Hall–Kier alpha value is -1.84. The van der Waals surface area contributed by atoms with Gasteiger partial charge >= 0.3 is 0 Å². The third-order valence-corrected chi connectivity index (χ3v) is 7.79. The van der Waals surface area contributed by atoms with Crippen LogP contribution in [0.4, 0.5) is 0 Å². The van der Waals surface area contributed by atoms with Crippen molar-refractivity contribution in [2.45, 2.75) is 68.9 Å². The molecule has 31 heavy (non-hydrogen) atoms. The van der Waals surface area contributed by atoms with E-state index in [0.29, 0.717) is 12.0 Å². The Kier molecular flexibility index (Phi) is 7.03. The molecule has 2 aromatic rings. The van der Waals surface area contributed by atoms with Crippen molar-refractivity contribution in [3.05, 3.63) is 70.7 Å². The number of rotatable bonds is 6. The molecule has 0 aromatic heterocycles. The van der Waals surface area contributed by atoms with Gasteiger partial charge in [-0.3, -0.25) is 4.79 Å². The van der Waals surface area contributed by atoms with E-state index >= 15 is 0 Å². The maximum atomic E-state index is 13.5. The fraction of sp³-hybridized carbons (Fsp3) is 0.519. The predicted octanol–water partition coefficient (Wildman–Crippen LogP) is 6.13. The van der Waals surface area contributed by atoms with E-state index < -0.39 is 0 Å². The summed E-state index contributed by atoms with van der Waals surface area (Å²) < 4.78 is 0. The first-order valence-corrected chi connectivity index (χ1v) is 12.2. The predicted molar refractivity (Wildman–Crippen MR) is 128 cm³/mol. The molecule has 0 spiro atoms. The van der Waals surface area contributed by atoms with Crippen LogP contribution in [0.5, 0.6) is 0 Å². The second-order valence-corrected chi connectivity index (χ2v) is 10.1. The summed E-state index contributed by atoms with van der Waals surface area (Å²) in [4.78, 5) is 15.9. The van der Waals surface area contributed by atoms with Gasteiger partial charge in [-0.1, -0.05) is 66.9 Å². The van der Waals surface area contributed by atoms with Gasteiger partial charge in [-0.05, 0) is 81.8 Å². The van der Waals surface area contributed by atoms with Gasteiger partial charge in [0.25, 0.3) is 0 Å². The van der Waals surface area contributed by atoms with Crippen molar-refractivity contribution in [1.82, 2.24) is 10.2 Å². The van der Waals surface area contributed by atoms with Crippen molar-refractivity contribution < 1.29 is 4.79 Å². The van der Waals surface area contributed by atoms with Crippen LogP contribution in [0.15, 0.2) is 54.6 Å². The lowest BCUT2D eigenvalue weighted by Crippen LogP contribution is -2.48. The van der Waals surface area contributed by atoms with Crippen LogP contribution in [0, 0.1) is 5.92 Å². The highest BCUT2D eigenvalue weighted by Gasteiger charge is 2.43. The van der Waals surface area contributed by atoms with Crippen LogP contribution in [0.3, 0.4) is 0 Å². The van der Waals surface area contributed by atoms with Crippen LogP contribution < -0.4 is 5.32 Å². The zero-order valence-corrected chi connectivity index (χ0v) is 19.6. The number of hydrogen-bond acceptors (Lipinski definition) is 2. The molecular formula is C27H35ClN2O. The molecule has 2 aliphatic carbocycles. The zero-order chi connectivity index (χ0) is 21.8. The highest BCUT2D eigenvalue weighted by atomic mass is 35.5. The number of carbonyl (C=O) groups excluding carboxylic acids is 1. The largest absolute Gasteiger partial charge is 0.353 e. The minimum absolute atomic E-state index is 0.225. The van der Waals surface area contributed by atoms with E-state index in [0.717, 1.165) is 62.0 Å². The molecule has 4 heteroatoms. The SMILES string of the molecule is CN(C)C(c1ccccc1)C1CCC(NC(=O)C2(c3ccc(Cl)cc3)CCCC2)CC1. The molecule has 1 amide bonds. The molecule has 2 aliphatic rings. The molecule has 0 aliphatic heterocycles. The quantitative estimate of drug-likeness (QED) is 0.588. The molecule has 2 aromatic carbocycles. The Labute approximate surface area is 192 Å². The van der Waals surface area contributed by atoms with Gasteiger partial charge in [-0.25, -0.2) is 0 Å². The standard InChI is InChI=1S/C27H35ClN2O/c1-30(2)25(20-8-4-3-5-9-20)21-10-16-24(17-11-21)29-26(31)27(18-6-7-19-27)22-12-14-23(28)15-13-22/h3-5,8-9,12-15,21,24-25H,6-7,10-11,16-19H2,1-2H3,(H,29,31). The lowest BCUT2D eigenvalue weighted by molar-refractivity contribution is -0.127. The molecule has 0 saturated heterocycles. The first kappa shape index (κ1) is 22.4. The van der Waals surface area contributed by atoms with Crippen molar-refractivity contribution in [2.24, 2.45) is 5.92 Å². The van der Waals surface area contributed by atoms with Crippen molar-refractivity contribution in [3.63, 3.8) is 0 Å². The van der Waals surface area contributed by atoms with Crippen molar-refractivity contribution in [1.29, 1.82) is 0 Å². The second-order valence-electron chi connectivity index (χ2n) is 9.70. The second kappa shape index (κ2) is 9.75. The molecule has 4 rings (SSSR count). The van der Waals surface area contributed by atoms with E-state index in [-0.39, 0.29) is 17.4 Å². The smallest absolute Gasteiger partial charge is 0.230 e. The van der Waals surface area contributed by atoms with E-state index in [4.69, 9.17) is 11.6 Å². The normalized spacial score (nSPS) is 24.1. The first-order chi connectivity index (χ1) is 15.0. The van der Waals surface area contributed by atoms with E-state index in [1.54, 1.807) is 0 Å². The maximum absolute atomic E-state index is 13.5. The van der Waals surface area contributed by atoms with Crippen molar-refractivity contribution in [3.8, 4) is 0 Å². The van der Waals surface area contributed by atoms with Gasteiger partial charge in [-0.2, -0.15) is 0 Å². The number of benzene rings is 2. The molecule has 1 N–H and O–H groups in total. The summed E-state index contributed by atoms with van der Waals surface area (Å²) in [5, 5.41) is 4.18. The third kappa shape index (κ3) is 4.83. The molecule has 2 saturated carbocycles. The summed E-state index contributed by atoms with van der Waals surface area (Å²) >= 11 is 6.10. The zero-order valence-electron chi connectivity index (χ0n) is 18.8. The monoisotopic (exact) mass is 438 g/mol. The van der Waals surface area contributed by atoms with E-state index in [9.17, 15) is 4.79 Å².